The molecular weight excluding hydrogens is 513 g/mol. The molecule has 0 saturated carbocycles. The predicted molar refractivity (Wildman–Crippen MR) is 140 cm³/mol. The van der Waals surface area contributed by atoms with Crippen molar-refractivity contribution in [2.24, 2.45) is 0 Å². The van der Waals surface area contributed by atoms with E-state index >= 15 is 0 Å². The van der Waals surface area contributed by atoms with Crippen molar-refractivity contribution in [2.45, 2.75) is 11.3 Å². The van der Waals surface area contributed by atoms with E-state index < -0.39 is 15.8 Å². The number of ether oxygens (including phenoxy) is 1. The number of hydrogen-bond acceptors (Lipinski definition) is 9. The molecule has 10 nitrogen and oxygen atoms in total. The molecule has 0 fully saturated rings. The molecule has 12 heteroatoms. The number of anilines is 4. The second-order valence-corrected chi connectivity index (χ2v) is 9.60. The van der Waals surface area contributed by atoms with Crippen molar-refractivity contribution in [1.29, 1.82) is 0 Å². The predicted octanol–water partition coefficient (Wildman–Crippen LogP) is 3.28. The third kappa shape index (κ3) is 7.05. The Morgan fingerprint density at radius 2 is 1.76 bits per heavy atom. The Hall–Kier alpha value is -4.49. The standard InChI is InChI=1S/C26H24FN5O5S/c1-4-17-36-22-11-9-21(10-12-22)32(37-18-5-2)25-24(27)19-28-26(30-25)29-20-7-13-23(14-8-20)38(34,35)31(3)15-6-16-33/h1-2,7-14,16,19H,6,15,17-18H2,3H3,(H,28,29,30). The first-order valence-electron chi connectivity index (χ1n) is 11.1. The van der Waals surface area contributed by atoms with Gasteiger partial charge in [0.25, 0.3) is 0 Å². The second-order valence-electron chi connectivity index (χ2n) is 7.56. The Balaban J connectivity index is 1.84. The Morgan fingerprint density at radius 3 is 2.39 bits per heavy atom. The fourth-order valence-corrected chi connectivity index (χ4v) is 4.28. The fourth-order valence-electron chi connectivity index (χ4n) is 3.10. The van der Waals surface area contributed by atoms with E-state index in [4.69, 9.17) is 22.4 Å². The molecule has 0 atom stereocenters. The first-order valence-corrected chi connectivity index (χ1v) is 12.6. The summed E-state index contributed by atoms with van der Waals surface area (Å²) in [4.78, 5) is 24.3. The third-order valence-corrected chi connectivity index (χ3v) is 6.84. The molecule has 1 aromatic heterocycles. The van der Waals surface area contributed by atoms with Crippen molar-refractivity contribution in [3.05, 3.63) is 60.5 Å². The number of benzene rings is 2. The Morgan fingerprint density at radius 1 is 1.08 bits per heavy atom. The smallest absolute Gasteiger partial charge is 0.242 e. The van der Waals surface area contributed by atoms with Crippen LogP contribution in [0.3, 0.4) is 0 Å². The first-order chi connectivity index (χ1) is 18.3. The van der Waals surface area contributed by atoms with Crippen LogP contribution in [0.5, 0.6) is 5.75 Å². The first kappa shape index (κ1) is 28.1. The van der Waals surface area contributed by atoms with Crippen molar-refractivity contribution in [1.82, 2.24) is 14.3 Å². The van der Waals surface area contributed by atoms with Crippen molar-refractivity contribution in [3.8, 4) is 30.4 Å². The summed E-state index contributed by atoms with van der Waals surface area (Å²) in [6.45, 7) is -0.00822. The molecule has 0 aliphatic carbocycles. The number of carbonyl (C=O) groups is 1. The van der Waals surface area contributed by atoms with Crippen LogP contribution in [0.4, 0.5) is 27.5 Å². The zero-order valence-corrected chi connectivity index (χ0v) is 21.2. The normalized spacial score (nSPS) is 10.9. The lowest BCUT2D eigenvalue weighted by Gasteiger charge is -2.22. The van der Waals surface area contributed by atoms with Gasteiger partial charge in [0.2, 0.25) is 16.0 Å². The number of aromatic nitrogens is 2. The van der Waals surface area contributed by atoms with E-state index in [1.807, 2.05) is 0 Å². The Bertz CT molecular complexity index is 1430. The number of halogens is 1. The van der Waals surface area contributed by atoms with Gasteiger partial charge in [-0.2, -0.15) is 10.0 Å². The topological polar surface area (TPSA) is 114 Å². The zero-order chi connectivity index (χ0) is 27.5. The minimum absolute atomic E-state index is 0.0170. The number of sulfonamides is 1. The van der Waals surface area contributed by atoms with Gasteiger partial charge in [-0.3, -0.25) is 4.84 Å². The lowest BCUT2D eigenvalue weighted by Crippen LogP contribution is -2.28. The van der Waals surface area contributed by atoms with Gasteiger partial charge in [0, 0.05) is 25.7 Å². The molecule has 38 heavy (non-hydrogen) atoms. The van der Waals surface area contributed by atoms with E-state index in [2.05, 4.69) is 27.1 Å². The highest BCUT2D eigenvalue weighted by atomic mass is 32.2. The van der Waals surface area contributed by atoms with Crippen LogP contribution < -0.4 is 15.1 Å². The number of hydrogen-bond donors (Lipinski definition) is 1. The van der Waals surface area contributed by atoms with Gasteiger partial charge >= 0.3 is 0 Å². The monoisotopic (exact) mass is 537 g/mol. The average molecular weight is 538 g/mol. The summed E-state index contributed by atoms with van der Waals surface area (Å²) >= 11 is 0. The van der Waals surface area contributed by atoms with Crippen LogP contribution in [0.1, 0.15) is 6.42 Å². The molecule has 2 aromatic carbocycles. The van der Waals surface area contributed by atoms with E-state index in [1.54, 1.807) is 24.3 Å². The van der Waals surface area contributed by atoms with Gasteiger partial charge in [0.15, 0.2) is 11.6 Å². The van der Waals surface area contributed by atoms with E-state index in [9.17, 15) is 17.6 Å². The van der Waals surface area contributed by atoms with Crippen LogP contribution in [0.25, 0.3) is 0 Å². The van der Waals surface area contributed by atoms with Crippen LogP contribution >= 0.6 is 0 Å². The van der Waals surface area contributed by atoms with E-state index in [0.29, 0.717) is 23.4 Å². The summed E-state index contributed by atoms with van der Waals surface area (Å²) in [5.41, 5.74) is 0.855. The molecule has 0 aliphatic rings. The summed E-state index contributed by atoms with van der Waals surface area (Å²) in [7, 11) is -2.37. The molecule has 0 aliphatic heterocycles. The van der Waals surface area contributed by atoms with Crippen molar-refractivity contribution < 1.29 is 27.2 Å². The largest absolute Gasteiger partial charge is 0.481 e. The number of terminal acetylenes is 2. The molecule has 0 radical (unpaired) electrons. The second kappa shape index (κ2) is 13.2. The lowest BCUT2D eigenvalue weighted by atomic mass is 10.3. The van der Waals surface area contributed by atoms with E-state index in [0.717, 1.165) is 15.6 Å². The Kier molecular flexibility index (Phi) is 9.73. The van der Waals surface area contributed by atoms with Crippen LogP contribution in [0.15, 0.2) is 59.6 Å². The molecule has 0 spiro atoms. The molecule has 0 saturated heterocycles. The quantitative estimate of drug-likeness (QED) is 0.199. The molecule has 0 unspecified atom stereocenters. The van der Waals surface area contributed by atoms with Crippen LogP contribution in [0, 0.1) is 30.5 Å². The summed E-state index contributed by atoms with van der Waals surface area (Å²) in [6, 6.07) is 12.3. The van der Waals surface area contributed by atoms with Gasteiger partial charge in [-0.15, -0.1) is 12.8 Å². The highest BCUT2D eigenvalue weighted by molar-refractivity contribution is 7.89. The average Bonchev–Trinajstić information content (AvgIpc) is 2.93. The molecular formula is C26H24FN5O5S. The molecule has 0 amide bonds. The summed E-state index contributed by atoms with van der Waals surface area (Å²) in [5.74, 6) is 4.22. The number of carbonyl (C=O) groups excluding carboxylic acids is 1. The minimum atomic E-state index is -3.76. The third-order valence-electron chi connectivity index (χ3n) is 4.97. The van der Waals surface area contributed by atoms with Gasteiger partial charge in [0.05, 0.1) is 16.8 Å². The highest BCUT2D eigenvalue weighted by Crippen LogP contribution is 2.29. The van der Waals surface area contributed by atoms with Gasteiger partial charge in [-0.1, -0.05) is 11.8 Å². The summed E-state index contributed by atoms with van der Waals surface area (Å²) in [5, 5.41) is 4.03. The molecule has 1 heterocycles. The maximum Gasteiger partial charge on any atom is 0.242 e. The van der Waals surface area contributed by atoms with Gasteiger partial charge in [0.1, 0.15) is 25.2 Å². The number of aldehydes is 1. The number of nitrogens with zero attached hydrogens (tertiary/aromatic N) is 4. The summed E-state index contributed by atoms with van der Waals surface area (Å²) in [6.07, 6.45) is 12.2. The lowest BCUT2D eigenvalue weighted by molar-refractivity contribution is -0.107. The molecule has 3 aromatic rings. The molecule has 1 N–H and O–H groups in total. The molecule has 196 valence electrons. The van der Waals surface area contributed by atoms with Crippen LogP contribution in [-0.2, 0) is 19.7 Å². The minimum Gasteiger partial charge on any atom is -0.481 e. The van der Waals surface area contributed by atoms with Crippen LogP contribution in [0.2, 0.25) is 0 Å². The number of rotatable bonds is 13. The fraction of sp³-hybridized carbons (Fsp3) is 0.192. The van der Waals surface area contributed by atoms with E-state index in [1.165, 1.54) is 31.3 Å². The van der Waals surface area contributed by atoms with Crippen molar-refractivity contribution in [2.75, 3.05) is 37.2 Å². The highest BCUT2D eigenvalue weighted by Gasteiger charge is 2.21. The Labute approximate surface area is 220 Å². The SMILES string of the molecule is C#CCOc1ccc(N(OCC#C)c2nc(Nc3ccc(S(=O)(=O)N(C)CCC=O)cc3)ncc2F)cc1. The van der Waals surface area contributed by atoms with Gasteiger partial charge in [-0.25, -0.2) is 22.1 Å². The van der Waals surface area contributed by atoms with Gasteiger partial charge < -0.3 is 14.8 Å². The molecule has 0 bridgehead atoms. The van der Waals surface area contributed by atoms with Gasteiger partial charge in [-0.05, 0) is 48.5 Å². The maximum absolute atomic E-state index is 14.8. The van der Waals surface area contributed by atoms with Crippen LogP contribution in [-0.4, -0.2) is 55.8 Å². The number of nitrogens with one attached hydrogen (secondary N) is 1. The maximum atomic E-state index is 14.8. The zero-order valence-electron chi connectivity index (χ0n) is 20.4. The van der Waals surface area contributed by atoms with E-state index in [-0.39, 0.29) is 42.8 Å². The van der Waals surface area contributed by atoms with Crippen molar-refractivity contribution in [3.63, 3.8) is 0 Å². The van der Waals surface area contributed by atoms with Crippen molar-refractivity contribution >= 4 is 39.5 Å². The summed E-state index contributed by atoms with van der Waals surface area (Å²) < 4.78 is 46.5. The molecule has 3 rings (SSSR count).